The Balaban J connectivity index is 2.19. The summed E-state index contributed by atoms with van der Waals surface area (Å²) in [7, 11) is -3.59. The summed E-state index contributed by atoms with van der Waals surface area (Å²) in [5.41, 5.74) is 2.03. The van der Waals surface area contributed by atoms with Crippen LogP contribution < -0.4 is 9.62 Å². The molecule has 0 aliphatic heterocycles. The molecule has 0 aliphatic rings. The average molecular weight is 587 g/mol. The normalized spacial score (nSPS) is 12.2. The maximum Gasteiger partial charge on any atom is 0.242 e. The molecule has 0 fully saturated rings. The number of nitrogens with zero attached hydrogens (tertiary/aromatic N) is 2. The highest BCUT2D eigenvalue weighted by atomic mass is 79.9. The molecule has 1 N–H and O–H groups in total. The van der Waals surface area contributed by atoms with E-state index in [4.69, 9.17) is 11.6 Å². The van der Waals surface area contributed by atoms with Crippen LogP contribution in [0.25, 0.3) is 0 Å². The summed E-state index contributed by atoms with van der Waals surface area (Å²) in [5, 5.41) is 3.32. The first-order chi connectivity index (χ1) is 16.5. The van der Waals surface area contributed by atoms with E-state index in [0.717, 1.165) is 22.7 Å². The van der Waals surface area contributed by atoms with Crippen LogP contribution in [0.1, 0.15) is 44.2 Å². The third kappa shape index (κ3) is 8.51. The van der Waals surface area contributed by atoms with Crippen molar-refractivity contribution in [2.24, 2.45) is 0 Å². The lowest BCUT2D eigenvalue weighted by Crippen LogP contribution is -2.47. The van der Waals surface area contributed by atoms with Crippen LogP contribution in [-0.4, -0.2) is 50.5 Å². The van der Waals surface area contributed by atoms with Crippen LogP contribution >= 0.6 is 27.5 Å². The van der Waals surface area contributed by atoms with Crippen molar-refractivity contribution in [3.8, 4) is 0 Å². The van der Waals surface area contributed by atoms with Crippen LogP contribution in [0.2, 0.25) is 5.02 Å². The molecule has 0 bridgehead atoms. The minimum absolute atomic E-state index is 0.0883. The van der Waals surface area contributed by atoms with Gasteiger partial charge in [-0.15, -0.1) is 0 Å². The van der Waals surface area contributed by atoms with Gasteiger partial charge < -0.3 is 10.2 Å². The molecular formula is C25H33BrClN3O4S. The van der Waals surface area contributed by atoms with E-state index < -0.39 is 16.1 Å². The molecule has 1 atom stereocenters. The van der Waals surface area contributed by atoms with E-state index in [-0.39, 0.29) is 37.7 Å². The van der Waals surface area contributed by atoms with Crippen LogP contribution in [0.15, 0.2) is 46.9 Å². The SMILES string of the molecule is CCCNC(=O)[C@H](C)N(Cc1cccc(Br)c1)C(=O)CCCN(c1cccc(Cl)c1C)S(C)(=O)=O. The molecule has 2 rings (SSSR count). The maximum absolute atomic E-state index is 13.3. The topological polar surface area (TPSA) is 86.8 Å². The molecular weight excluding hydrogens is 554 g/mol. The van der Waals surface area contributed by atoms with E-state index in [9.17, 15) is 18.0 Å². The second-order valence-electron chi connectivity index (χ2n) is 8.44. The van der Waals surface area contributed by atoms with Gasteiger partial charge in [-0.05, 0) is 62.1 Å². The molecule has 2 aromatic rings. The number of hydrogen-bond acceptors (Lipinski definition) is 4. The van der Waals surface area contributed by atoms with Gasteiger partial charge in [0.25, 0.3) is 0 Å². The Labute approximate surface area is 222 Å². The molecule has 0 unspecified atom stereocenters. The molecule has 0 aliphatic carbocycles. The Hall–Kier alpha value is -2.10. The molecule has 0 spiro atoms. The third-order valence-electron chi connectivity index (χ3n) is 5.62. The highest BCUT2D eigenvalue weighted by molar-refractivity contribution is 9.10. The fourth-order valence-electron chi connectivity index (χ4n) is 3.66. The quantitative estimate of drug-likeness (QED) is 0.383. The van der Waals surface area contributed by atoms with Gasteiger partial charge in [0.05, 0.1) is 11.9 Å². The Morgan fingerprint density at radius 2 is 1.86 bits per heavy atom. The minimum Gasteiger partial charge on any atom is -0.354 e. The van der Waals surface area contributed by atoms with Gasteiger partial charge in [-0.2, -0.15) is 0 Å². The monoisotopic (exact) mass is 585 g/mol. The first-order valence-corrected chi connectivity index (χ1v) is 14.5. The molecule has 0 heterocycles. The standard InChI is InChI=1S/C25H33BrClN3O4S/c1-5-14-28-25(32)19(3)29(17-20-9-6-10-21(26)16-20)24(31)13-8-15-30(35(4,33)34)23-12-7-11-22(27)18(23)2/h6-7,9-12,16,19H,5,8,13-15,17H2,1-4H3,(H,28,32)/t19-/m0/s1. The van der Waals surface area contributed by atoms with E-state index in [0.29, 0.717) is 22.8 Å². The summed E-state index contributed by atoms with van der Waals surface area (Å²) in [6.07, 6.45) is 2.30. The van der Waals surface area contributed by atoms with Gasteiger partial charge in [0.2, 0.25) is 21.8 Å². The van der Waals surface area contributed by atoms with Gasteiger partial charge in [0, 0.05) is 35.6 Å². The molecule has 7 nitrogen and oxygen atoms in total. The van der Waals surface area contributed by atoms with Gasteiger partial charge in [-0.1, -0.05) is 52.7 Å². The largest absolute Gasteiger partial charge is 0.354 e. The summed E-state index contributed by atoms with van der Waals surface area (Å²) in [4.78, 5) is 27.5. The third-order valence-corrected chi connectivity index (χ3v) is 7.70. The second-order valence-corrected chi connectivity index (χ2v) is 11.7. The summed E-state index contributed by atoms with van der Waals surface area (Å²) >= 11 is 9.64. The van der Waals surface area contributed by atoms with Crippen LogP contribution in [0.3, 0.4) is 0 Å². The number of sulfonamides is 1. The predicted octanol–water partition coefficient (Wildman–Crippen LogP) is 4.90. The highest BCUT2D eigenvalue weighted by Crippen LogP contribution is 2.28. The van der Waals surface area contributed by atoms with Crippen LogP contribution in [0.5, 0.6) is 0 Å². The van der Waals surface area contributed by atoms with Gasteiger partial charge in [-0.25, -0.2) is 8.42 Å². The Bertz CT molecular complexity index is 1140. The average Bonchev–Trinajstić information content (AvgIpc) is 2.79. The Kier molecular flexibility index (Phi) is 11.0. The van der Waals surface area contributed by atoms with Crippen molar-refractivity contribution in [1.82, 2.24) is 10.2 Å². The smallest absolute Gasteiger partial charge is 0.242 e. The molecule has 2 aromatic carbocycles. The van der Waals surface area contributed by atoms with Crippen molar-refractivity contribution >= 4 is 55.1 Å². The molecule has 192 valence electrons. The predicted molar refractivity (Wildman–Crippen MR) is 145 cm³/mol. The lowest BCUT2D eigenvalue weighted by atomic mass is 10.1. The summed E-state index contributed by atoms with van der Waals surface area (Å²) in [5.74, 6) is -0.442. The number of hydrogen-bond donors (Lipinski definition) is 1. The lowest BCUT2D eigenvalue weighted by molar-refractivity contribution is -0.140. The van der Waals surface area contributed by atoms with E-state index in [2.05, 4.69) is 21.2 Å². The van der Waals surface area contributed by atoms with Gasteiger partial charge in [-0.3, -0.25) is 13.9 Å². The summed E-state index contributed by atoms with van der Waals surface area (Å²) in [6.45, 7) is 6.35. The number of nitrogens with one attached hydrogen (secondary N) is 1. The number of anilines is 1. The maximum atomic E-state index is 13.3. The second kappa shape index (κ2) is 13.3. The fourth-order valence-corrected chi connectivity index (χ4v) is 5.29. The van der Waals surface area contributed by atoms with E-state index >= 15 is 0 Å². The van der Waals surface area contributed by atoms with Gasteiger partial charge in [0.15, 0.2) is 0 Å². The first-order valence-electron chi connectivity index (χ1n) is 11.5. The highest BCUT2D eigenvalue weighted by Gasteiger charge is 2.27. The van der Waals surface area contributed by atoms with E-state index in [1.165, 1.54) is 4.31 Å². The molecule has 0 aromatic heterocycles. The van der Waals surface area contributed by atoms with Crippen molar-refractivity contribution in [2.45, 2.75) is 52.6 Å². The number of carbonyl (C=O) groups excluding carboxylic acids is 2. The lowest BCUT2D eigenvalue weighted by Gasteiger charge is -2.29. The minimum atomic E-state index is -3.59. The number of halogens is 2. The van der Waals surface area contributed by atoms with Gasteiger partial charge in [0.1, 0.15) is 6.04 Å². The molecule has 10 heteroatoms. The van der Waals surface area contributed by atoms with Crippen molar-refractivity contribution in [2.75, 3.05) is 23.7 Å². The number of benzene rings is 2. The molecule has 35 heavy (non-hydrogen) atoms. The van der Waals surface area contributed by atoms with Crippen molar-refractivity contribution in [3.05, 3.63) is 63.1 Å². The first kappa shape index (κ1) is 29.1. The number of carbonyl (C=O) groups is 2. The Morgan fingerprint density at radius 1 is 1.17 bits per heavy atom. The van der Waals surface area contributed by atoms with Gasteiger partial charge >= 0.3 is 0 Å². The molecule has 0 radical (unpaired) electrons. The zero-order valence-corrected chi connectivity index (χ0v) is 23.7. The zero-order valence-electron chi connectivity index (χ0n) is 20.6. The van der Waals surface area contributed by atoms with Crippen LogP contribution in [0.4, 0.5) is 5.69 Å². The molecule has 0 saturated heterocycles. The van der Waals surface area contributed by atoms with Crippen LogP contribution in [-0.2, 0) is 26.2 Å². The summed E-state index contributed by atoms with van der Waals surface area (Å²) in [6, 6.07) is 12.0. The van der Waals surface area contributed by atoms with E-state index in [1.807, 2.05) is 31.2 Å². The summed E-state index contributed by atoms with van der Waals surface area (Å²) < 4.78 is 27.2. The van der Waals surface area contributed by atoms with Crippen LogP contribution in [0, 0.1) is 6.92 Å². The number of amides is 2. The zero-order chi connectivity index (χ0) is 26.2. The van der Waals surface area contributed by atoms with E-state index in [1.54, 1.807) is 36.9 Å². The fraction of sp³-hybridized carbons (Fsp3) is 0.440. The van der Waals surface area contributed by atoms with Crippen molar-refractivity contribution in [1.29, 1.82) is 0 Å². The van der Waals surface area contributed by atoms with Crippen molar-refractivity contribution in [3.63, 3.8) is 0 Å². The number of rotatable bonds is 12. The Morgan fingerprint density at radius 3 is 2.49 bits per heavy atom. The van der Waals surface area contributed by atoms with Crippen molar-refractivity contribution < 1.29 is 18.0 Å². The molecule has 2 amide bonds. The molecule has 0 saturated carbocycles.